The summed E-state index contributed by atoms with van der Waals surface area (Å²) in [5, 5.41) is 8.57. The molecule has 0 fully saturated rings. The summed E-state index contributed by atoms with van der Waals surface area (Å²) in [5.74, 6) is 0. The van der Waals surface area contributed by atoms with E-state index in [1.54, 1.807) is 12.1 Å². The normalized spacial score (nSPS) is 11.6. The number of anilines is 1. The highest BCUT2D eigenvalue weighted by molar-refractivity contribution is 7.89. The molecule has 0 amide bonds. The second-order valence-corrected chi connectivity index (χ2v) is 5.25. The van der Waals surface area contributed by atoms with Gasteiger partial charge in [-0.25, -0.2) is 13.1 Å². The van der Waals surface area contributed by atoms with E-state index >= 15 is 0 Å². The van der Waals surface area contributed by atoms with Crippen LogP contribution in [0.3, 0.4) is 0 Å². The van der Waals surface area contributed by atoms with E-state index in [1.807, 2.05) is 6.92 Å². The second-order valence-electron chi connectivity index (χ2n) is 3.52. The van der Waals surface area contributed by atoms with Crippen molar-refractivity contribution in [1.82, 2.24) is 4.72 Å². The molecule has 1 rings (SSSR count). The molecule has 0 saturated carbocycles. The van der Waals surface area contributed by atoms with Crippen molar-refractivity contribution < 1.29 is 13.5 Å². The highest BCUT2D eigenvalue weighted by Crippen LogP contribution is 2.18. The first-order chi connectivity index (χ1) is 7.47. The largest absolute Gasteiger partial charge is 0.398 e. The van der Waals surface area contributed by atoms with Gasteiger partial charge in [0.15, 0.2) is 0 Å². The lowest BCUT2D eigenvalue weighted by molar-refractivity contribution is 0.289. The minimum absolute atomic E-state index is 0.0497. The molecule has 0 unspecified atom stereocenters. The molecule has 5 nitrogen and oxygen atoms in total. The van der Waals surface area contributed by atoms with Crippen LogP contribution in [0, 0.1) is 6.92 Å². The molecule has 0 spiro atoms. The third-order valence-electron chi connectivity index (χ3n) is 2.08. The van der Waals surface area contributed by atoms with Gasteiger partial charge in [-0.1, -0.05) is 6.07 Å². The number of sulfonamides is 1. The highest BCUT2D eigenvalue weighted by atomic mass is 32.2. The van der Waals surface area contributed by atoms with Gasteiger partial charge in [0.25, 0.3) is 0 Å². The van der Waals surface area contributed by atoms with E-state index in [0.29, 0.717) is 6.42 Å². The summed E-state index contributed by atoms with van der Waals surface area (Å²) in [5.41, 5.74) is 6.79. The molecule has 6 heteroatoms. The lowest BCUT2D eigenvalue weighted by atomic mass is 10.2. The summed E-state index contributed by atoms with van der Waals surface area (Å²) in [4.78, 5) is 0.0797. The van der Waals surface area contributed by atoms with Gasteiger partial charge in [0, 0.05) is 13.2 Å². The van der Waals surface area contributed by atoms with E-state index in [9.17, 15) is 8.42 Å². The van der Waals surface area contributed by atoms with Gasteiger partial charge in [-0.15, -0.1) is 0 Å². The van der Waals surface area contributed by atoms with Crippen LogP contribution in [0.1, 0.15) is 12.0 Å². The summed E-state index contributed by atoms with van der Waals surface area (Å²) in [6.45, 7) is 1.99. The van der Waals surface area contributed by atoms with Gasteiger partial charge in [0.05, 0.1) is 5.69 Å². The van der Waals surface area contributed by atoms with Gasteiger partial charge in [0.1, 0.15) is 4.90 Å². The van der Waals surface area contributed by atoms with Gasteiger partial charge in [-0.3, -0.25) is 0 Å². The smallest absolute Gasteiger partial charge is 0.242 e. The summed E-state index contributed by atoms with van der Waals surface area (Å²) in [6.07, 6.45) is 0.380. The predicted octanol–water partition coefficient (Wildman–Crippen LogP) is 0.238. The Balaban J connectivity index is 2.90. The average Bonchev–Trinajstić information content (AvgIpc) is 2.17. The molecule has 0 aliphatic carbocycles. The van der Waals surface area contributed by atoms with Gasteiger partial charge >= 0.3 is 0 Å². The number of nitrogen functional groups attached to an aromatic ring is 1. The Labute approximate surface area is 95.3 Å². The molecule has 0 aliphatic rings. The molecule has 0 atom stereocenters. The molecule has 0 aromatic heterocycles. The minimum Gasteiger partial charge on any atom is -0.398 e. The monoisotopic (exact) mass is 244 g/mol. The number of aliphatic hydroxyl groups excluding tert-OH is 1. The molecule has 16 heavy (non-hydrogen) atoms. The zero-order chi connectivity index (χ0) is 12.2. The topological polar surface area (TPSA) is 92.4 Å². The lowest BCUT2D eigenvalue weighted by Gasteiger charge is -2.09. The van der Waals surface area contributed by atoms with Crippen LogP contribution in [0.2, 0.25) is 0 Å². The van der Waals surface area contributed by atoms with Crippen molar-refractivity contribution in [2.45, 2.75) is 18.2 Å². The predicted molar refractivity (Wildman–Crippen MR) is 62.5 cm³/mol. The molecule has 1 aromatic carbocycles. The van der Waals surface area contributed by atoms with Crippen molar-refractivity contribution in [3.63, 3.8) is 0 Å². The zero-order valence-electron chi connectivity index (χ0n) is 9.10. The van der Waals surface area contributed by atoms with Gasteiger partial charge < -0.3 is 10.8 Å². The number of hydrogen-bond acceptors (Lipinski definition) is 4. The Morgan fingerprint density at radius 1 is 1.44 bits per heavy atom. The van der Waals surface area contributed by atoms with Crippen molar-refractivity contribution >= 4 is 15.7 Å². The second kappa shape index (κ2) is 5.29. The minimum atomic E-state index is -3.57. The molecule has 0 radical (unpaired) electrons. The Kier molecular flexibility index (Phi) is 4.28. The number of benzene rings is 1. The number of aliphatic hydroxyl groups is 1. The van der Waals surface area contributed by atoms with Gasteiger partial charge in [-0.2, -0.15) is 0 Å². The van der Waals surface area contributed by atoms with Crippen LogP contribution in [0.5, 0.6) is 0 Å². The molecule has 0 heterocycles. The molecular weight excluding hydrogens is 228 g/mol. The van der Waals surface area contributed by atoms with E-state index < -0.39 is 10.0 Å². The maximum atomic E-state index is 11.8. The summed E-state index contributed by atoms with van der Waals surface area (Å²) in [6, 6.07) is 4.78. The summed E-state index contributed by atoms with van der Waals surface area (Å²) < 4.78 is 25.9. The summed E-state index contributed by atoms with van der Waals surface area (Å²) >= 11 is 0. The van der Waals surface area contributed by atoms with E-state index in [2.05, 4.69) is 4.72 Å². The molecule has 0 saturated heterocycles. The van der Waals surface area contributed by atoms with E-state index in [4.69, 9.17) is 10.8 Å². The third kappa shape index (κ3) is 3.19. The zero-order valence-corrected chi connectivity index (χ0v) is 9.92. The van der Waals surface area contributed by atoms with Crippen molar-refractivity contribution in [3.8, 4) is 0 Å². The van der Waals surface area contributed by atoms with E-state index in [0.717, 1.165) is 5.56 Å². The van der Waals surface area contributed by atoms with E-state index in [1.165, 1.54) is 6.07 Å². The Morgan fingerprint density at radius 3 is 2.69 bits per heavy atom. The SMILES string of the molecule is Cc1ccc(S(=O)(=O)NCCCO)c(N)c1. The number of hydrogen-bond donors (Lipinski definition) is 3. The Bertz CT molecular complexity index is 457. The first-order valence-electron chi connectivity index (χ1n) is 4.94. The standard InChI is InChI=1S/C10H16N2O3S/c1-8-3-4-10(9(11)7-8)16(14,15)12-5-2-6-13/h3-4,7,12-13H,2,5-6,11H2,1H3. The fourth-order valence-corrected chi connectivity index (χ4v) is 2.46. The summed E-state index contributed by atoms with van der Waals surface area (Å²) in [7, 11) is -3.57. The van der Waals surface area contributed by atoms with Gasteiger partial charge in [0.2, 0.25) is 10.0 Å². The van der Waals surface area contributed by atoms with Crippen molar-refractivity contribution in [1.29, 1.82) is 0 Å². The first kappa shape index (κ1) is 13.0. The number of nitrogens with one attached hydrogen (secondary N) is 1. The molecule has 0 aliphatic heterocycles. The van der Waals surface area contributed by atoms with Crippen LogP contribution in [0.15, 0.2) is 23.1 Å². The molecule has 90 valence electrons. The third-order valence-corrected chi connectivity index (χ3v) is 3.62. The molecular formula is C10H16N2O3S. The maximum Gasteiger partial charge on any atom is 0.242 e. The Hall–Kier alpha value is -1.11. The quantitative estimate of drug-likeness (QED) is 0.511. The van der Waals surface area contributed by atoms with Crippen LogP contribution in [-0.4, -0.2) is 26.7 Å². The fourth-order valence-electron chi connectivity index (χ4n) is 1.28. The highest BCUT2D eigenvalue weighted by Gasteiger charge is 2.16. The fraction of sp³-hybridized carbons (Fsp3) is 0.400. The molecule has 0 bridgehead atoms. The van der Waals surface area contributed by atoms with E-state index in [-0.39, 0.29) is 23.7 Å². The van der Waals surface area contributed by atoms with Crippen molar-refractivity contribution in [3.05, 3.63) is 23.8 Å². The van der Waals surface area contributed by atoms with Crippen LogP contribution in [0.25, 0.3) is 0 Å². The first-order valence-corrected chi connectivity index (χ1v) is 6.42. The Morgan fingerprint density at radius 2 is 2.12 bits per heavy atom. The number of nitrogens with two attached hydrogens (primary N) is 1. The van der Waals surface area contributed by atoms with Crippen LogP contribution >= 0.6 is 0 Å². The lowest BCUT2D eigenvalue weighted by Crippen LogP contribution is -2.26. The van der Waals surface area contributed by atoms with Crippen molar-refractivity contribution in [2.24, 2.45) is 0 Å². The van der Waals surface area contributed by atoms with Crippen molar-refractivity contribution in [2.75, 3.05) is 18.9 Å². The van der Waals surface area contributed by atoms with Gasteiger partial charge in [-0.05, 0) is 31.0 Å². The molecule has 4 N–H and O–H groups in total. The maximum absolute atomic E-state index is 11.8. The van der Waals surface area contributed by atoms with Crippen LogP contribution in [-0.2, 0) is 10.0 Å². The van der Waals surface area contributed by atoms with Crippen LogP contribution < -0.4 is 10.5 Å². The van der Waals surface area contributed by atoms with Crippen LogP contribution in [0.4, 0.5) is 5.69 Å². The average molecular weight is 244 g/mol. The number of aryl methyl sites for hydroxylation is 1. The number of rotatable bonds is 5. The molecule has 1 aromatic rings.